The molecule has 0 aliphatic carbocycles. The van der Waals surface area contributed by atoms with Crippen LogP contribution in [0.1, 0.15) is 21.6 Å². The molecule has 124 valence electrons. The molecule has 24 heavy (non-hydrogen) atoms. The summed E-state index contributed by atoms with van der Waals surface area (Å²) in [6.07, 6.45) is 4.76. The van der Waals surface area contributed by atoms with Crippen molar-refractivity contribution in [2.75, 3.05) is 6.26 Å². The van der Waals surface area contributed by atoms with Crippen LogP contribution in [0.15, 0.2) is 53.7 Å². The number of hydrogen-bond acceptors (Lipinski definition) is 5. The van der Waals surface area contributed by atoms with Crippen LogP contribution in [0.25, 0.3) is 5.65 Å². The Bertz CT molecular complexity index is 1020. The number of rotatable bonds is 4. The number of imidazole rings is 1. The summed E-state index contributed by atoms with van der Waals surface area (Å²) >= 11 is 0. The van der Waals surface area contributed by atoms with Gasteiger partial charge < -0.3 is 9.14 Å². The van der Waals surface area contributed by atoms with Crippen LogP contribution >= 0.6 is 0 Å². The molecule has 2 aromatic heterocycles. The van der Waals surface area contributed by atoms with Gasteiger partial charge in [-0.1, -0.05) is 18.2 Å². The van der Waals surface area contributed by atoms with Gasteiger partial charge in [-0.15, -0.1) is 0 Å². The fourth-order valence-electron chi connectivity index (χ4n) is 2.40. The Morgan fingerprint density at radius 1 is 1.17 bits per heavy atom. The van der Waals surface area contributed by atoms with E-state index in [2.05, 4.69) is 4.98 Å². The predicted molar refractivity (Wildman–Crippen MR) is 88.6 cm³/mol. The highest BCUT2D eigenvalue weighted by molar-refractivity contribution is 7.90. The standard InChI is InChI=1S/C17H16N2O4S/c1-12-7-8-16-18-13(10-19(16)9-12)11-23-17(20)14-5-3-4-6-15(14)24(2,21)22/h3-10H,11H2,1-2H3. The van der Waals surface area contributed by atoms with Crippen molar-refractivity contribution in [2.45, 2.75) is 18.4 Å². The summed E-state index contributed by atoms with van der Waals surface area (Å²) in [7, 11) is -3.51. The molecule has 0 bridgehead atoms. The molecule has 0 aliphatic heterocycles. The highest BCUT2D eigenvalue weighted by Crippen LogP contribution is 2.17. The number of aromatic nitrogens is 2. The smallest absolute Gasteiger partial charge is 0.339 e. The van der Waals surface area contributed by atoms with Crippen molar-refractivity contribution in [1.29, 1.82) is 0 Å². The Morgan fingerprint density at radius 3 is 2.67 bits per heavy atom. The zero-order valence-corrected chi connectivity index (χ0v) is 14.1. The minimum atomic E-state index is -3.51. The molecule has 0 amide bonds. The number of carbonyl (C=O) groups excluding carboxylic acids is 1. The predicted octanol–water partition coefficient (Wildman–Crippen LogP) is 2.40. The zero-order chi connectivity index (χ0) is 17.3. The van der Waals surface area contributed by atoms with Crippen molar-refractivity contribution in [3.05, 3.63) is 65.6 Å². The first-order valence-corrected chi connectivity index (χ1v) is 9.14. The first-order chi connectivity index (χ1) is 11.3. The molecule has 0 aliphatic rings. The Labute approximate surface area is 139 Å². The number of esters is 1. The fourth-order valence-corrected chi connectivity index (χ4v) is 3.28. The van der Waals surface area contributed by atoms with E-state index < -0.39 is 15.8 Å². The Hall–Kier alpha value is -2.67. The first kappa shape index (κ1) is 16.2. The Balaban J connectivity index is 1.80. The van der Waals surface area contributed by atoms with E-state index in [4.69, 9.17) is 4.74 Å². The molecule has 0 N–H and O–H groups in total. The van der Waals surface area contributed by atoms with E-state index in [0.29, 0.717) is 5.69 Å². The first-order valence-electron chi connectivity index (χ1n) is 7.25. The van der Waals surface area contributed by atoms with Crippen molar-refractivity contribution in [1.82, 2.24) is 9.38 Å². The van der Waals surface area contributed by atoms with Crippen LogP contribution in [-0.4, -0.2) is 30.0 Å². The van der Waals surface area contributed by atoms with Gasteiger partial charge in [0, 0.05) is 18.6 Å². The van der Waals surface area contributed by atoms with Gasteiger partial charge in [0.2, 0.25) is 0 Å². The molecule has 3 rings (SSSR count). The molecular formula is C17H16N2O4S. The Kier molecular flexibility index (Phi) is 4.11. The molecule has 0 atom stereocenters. The minimum Gasteiger partial charge on any atom is -0.455 e. The SMILES string of the molecule is Cc1ccc2nc(COC(=O)c3ccccc3S(C)(=O)=O)cn2c1. The van der Waals surface area contributed by atoms with E-state index in [1.807, 2.05) is 29.7 Å². The van der Waals surface area contributed by atoms with Crippen LogP contribution in [-0.2, 0) is 21.2 Å². The number of aryl methyl sites for hydroxylation is 1. The van der Waals surface area contributed by atoms with Crippen LogP contribution in [0.2, 0.25) is 0 Å². The number of hydrogen-bond donors (Lipinski definition) is 0. The van der Waals surface area contributed by atoms with E-state index in [-0.39, 0.29) is 17.1 Å². The lowest BCUT2D eigenvalue weighted by molar-refractivity contribution is 0.0463. The van der Waals surface area contributed by atoms with E-state index in [1.54, 1.807) is 18.3 Å². The summed E-state index contributed by atoms with van der Waals surface area (Å²) in [6.45, 7) is 1.94. The van der Waals surface area contributed by atoms with E-state index >= 15 is 0 Å². The van der Waals surface area contributed by atoms with Crippen LogP contribution in [0.3, 0.4) is 0 Å². The third kappa shape index (κ3) is 3.30. The van der Waals surface area contributed by atoms with Crippen LogP contribution in [0, 0.1) is 6.92 Å². The second kappa shape index (κ2) is 6.09. The Morgan fingerprint density at radius 2 is 1.92 bits per heavy atom. The topological polar surface area (TPSA) is 77.7 Å². The van der Waals surface area contributed by atoms with Gasteiger partial charge in [-0.05, 0) is 30.7 Å². The number of fused-ring (bicyclic) bond motifs is 1. The molecule has 0 unspecified atom stereocenters. The molecule has 7 heteroatoms. The van der Waals surface area contributed by atoms with Gasteiger partial charge in [-0.2, -0.15) is 0 Å². The molecule has 1 aromatic carbocycles. The van der Waals surface area contributed by atoms with E-state index in [1.165, 1.54) is 12.1 Å². The van der Waals surface area contributed by atoms with Gasteiger partial charge in [0.1, 0.15) is 12.3 Å². The van der Waals surface area contributed by atoms with Crippen LogP contribution in [0.4, 0.5) is 0 Å². The molecule has 6 nitrogen and oxygen atoms in total. The third-order valence-electron chi connectivity index (χ3n) is 3.51. The quantitative estimate of drug-likeness (QED) is 0.679. The molecule has 2 heterocycles. The highest BCUT2D eigenvalue weighted by Gasteiger charge is 2.19. The number of pyridine rings is 1. The monoisotopic (exact) mass is 344 g/mol. The molecule has 3 aromatic rings. The lowest BCUT2D eigenvalue weighted by Crippen LogP contribution is -2.11. The number of sulfone groups is 1. The van der Waals surface area contributed by atoms with E-state index in [0.717, 1.165) is 17.5 Å². The zero-order valence-electron chi connectivity index (χ0n) is 13.3. The summed E-state index contributed by atoms with van der Waals surface area (Å²) in [4.78, 5) is 16.6. The summed E-state index contributed by atoms with van der Waals surface area (Å²) in [5.41, 5.74) is 2.46. The molecule has 0 saturated heterocycles. The summed E-state index contributed by atoms with van der Waals surface area (Å²) in [5.74, 6) is -0.690. The van der Waals surface area contributed by atoms with Crippen molar-refractivity contribution < 1.29 is 17.9 Å². The average molecular weight is 344 g/mol. The lowest BCUT2D eigenvalue weighted by atomic mass is 10.2. The van der Waals surface area contributed by atoms with E-state index in [9.17, 15) is 13.2 Å². The fraction of sp³-hybridized carbons (Fsp3) is 0.176. The highest BCUT2D eigenvalue weighted by atomic mass is 32.2. The second-order valence-electron chi connectivity index (χ2n) is 5.55. The molecule has 0 radical (unpaired) electrons. The maximum Gasteiger partial charge on any atom is 0.339 e. The lowest BCUT2D eigenvalue weighted by Gasteiger charge is -2.07. The minimum absolute atomic E-state index is 0.0274. The maximum absolute atomic E-state index is 12.2. The number of carbonyl (C=O) groups is 1. The van der Waals surface area contributed by atoms with Gasteiger partial charge in [0.05, 0.1) is 16.2 Å². The van der Waals surface area contributed by atoms with Crippen molar-refractivity contribution in [2.24, 2.45) is 0 Å². The average Bonchev–Trinajstić information content (AvgIpc) is 2.93. The normalized spacial score (nSPS) is 11.6. The summed E-state index contributed by atoms with van der Waals surface area (Å²) in [5, 5.41) is 0. The second-order valence-corrected chi connectivity index (χ2v) is 7.53. The van der Waals surface area contributed by atoms with Crippen molar-refractivity contribution in [3.63, 3.8) is 0 Å². The number of nitrogens with zero attached hydrogens (tertiary/aromatic N) is 2. The van der Waals surface area contributed by atoms with Crippen LogP contribution < -0.4 is 0 Å². The summed E-state index contributed by atoms with van der Waals surface area (Å²) < 4.78 is 30.6. The molecular weight excluding hydrogens is 328 g/mol. The third-order valence-corrected chi connectivity index (χ3v) is 4.66. The van der Waals surface area contributed by atoms with Gasteiger partial charge in [0.15, 0.2) is 9.84 Å². The number of benzene rings is 1. The van der Waals surface area contributed by atoms with Crippen molar-refractivity contribution >= 4 is 21.5 Å². The maximum atomic E-state index is 12.2. The van der Waals surface area contributed by atoms with Gasteiger partial charge in [0.25, 0.3) is 0 Å². The van der Waals surface area contributed by atoms with Gasteiger partial charge in [-0.3, -0.25) is 0 Å². The largest absolute Gasteiger partial charge is 0.455 e. The number of ether oxygens (including phenoxy) is 1. The molecule has 0 saturated carbocycles. The summed E-state index contributed by atoms with van der Waals surface area (Å²) in [6, 6.07) is 9.81. The molecule has 0 fully saturated rings. The van der Waals surface area contributed by atoms with Crippen LogP contribution in [0.5, 0.6) is 0 Å². The van der Waals surface area contributed by atoms with Gasteiger partial charge in [-0.25, -0.2) is 18.2 Å². The van der Waals surface area contributed by atoms with Crippen molar-refractivity contribution in [3.8, 4) is 0 Å². The van der Waals surface area contributed by atoms with Gasteiger partial charge >= 0.3 is 5.97 Å². The molecule has 0 spiro atoms.